The molecule has 0 fully saturated rings. The third-order valence-corrected chi connectivity index (χ3v) is 3.35. The summed E-state index contributed by atoms with van der Waals surface area (Å²) in [5, 5.41) is 17.3. The first-order chi connectivity index (χ1) is 11.7. The number of benzene rings is 3. The largest absolute Gasteiger partial charge is 0.508 e. The summed E-state index contributed by atoms with van der Waals surface area (Å²) >= 11 is 0. The number of hydrogen-bond donors (Lipinski definition) is 2. The first-order valence-electron chi connectivity index (χ1n) is 8.21. The van der Waals surface area contributed by atoms with Gasteiger partial charge < -0.3 is 10.2 Å². The lowest BCUT2D eigenvalue weighted by molar-refractivity contribution is 0.475. The van der Waals surface area contributed by atoms with Gasteiger partial charge in [-0.2, -0.15) is 0 Å². The Kier molecular flexibility index (Phi) is 12.2. The fourth-order valence-corrected chi connectivity index (χ4v) is 1.87. The van der Waals surface area contributed by atoms with Gasteiger partial charge in [-0.15, -0.1) is 0 Å². The topological polar surface area (TPSA) is 40.5 Å². The normalized spacial score (nSPS) is 8.72. The zero-order valence-corrected chi connectivity index (χ0v) is 14.4. The van der Waals surface area contributed by atoms with Crippen LogP contribution in [0.15, 0.2) is 84.9 Å². The van der Waals surface area contributed by atoms with Crippen LogP contribution < -0.4 is 0 Å². The second-order valence-corrected chi connectivity index (χ2v) is 5.19. The molecule has 0 saturated heterocycles. The van der Waals surface area contributed by atoms with Crippen LogP contribution in [0.5, 0.6) is 11.5 Å². The SMILES string of the molecule is C.CCc1ccc(CC)cc1.Oc1ccccc1.Oc1ccccc1. The second kappa shape index (κ2) is 13.7. The molecule has 3 aromatic rings. The summed E-state index contributed by atoms with van der Waals surface area (Å²) in [6.45, 7) is 4.36. The highest BCUT2D eigenvalue weighted by Gasteiger charge is 1.88. The van der Waals surface area contributed by atoms with Crippen molar-refractivity contribution in [1.82, 2.24) is 0 Å². The Hall–Kier alpha value is -2.74. The lowest BCUT2D eigenvalue weighted by atomic mass is 10.1. The van der Waals surface area contributed by atoms with Crippen LogP contribution in [0.3, 0.4) is 0 Å². The number of rotatable bonds is 2. The van der Waals surface area contributed by atoms with Gasteiger partial charge in [0, 0.05) is 0 Å². The first-order valence-corrected chi connectivity index (χ1v) is 8.21. The molecular weight excluding hydrogens is 308 g/mol. The molecule has 0 aliphatic carbocycles. The molecule has 0 bridgehead atoms. The number of aryl methyl sites for hydroxylation is 2. The number of hydrogen-bond acceptors (Lipinski definition) is 2. The molecule has 0 saturated carbocycles. The van der Waals surface area contributed by atoms with Crippen LogP contribution in [0.4, 0.5) is 0 Å². The lowest BCUT2D eigenvalue weighted by Gasteiger charge is -1.97. The summed E-state index contributed by atoms with van der Waals surface area (Å²) in [4.78, 5) is 0. The molecule has 2 N–H and O–H groups in total. The molecule has 2 heteroatoms. The second-order valence-electron chi connectivity index (χ2n) is 5.19. The van der Waals surface area contributed by atoms with E-state index in [-0.39, 0.29) is 7.43 Å². The summed E-state index contributed by atoms with van der Waals surface area (Å²) in [5.74, 6) is 0.644. The average molecular weight is 338 g/mol. The summed E-state index contributed by atoms with van der Waals surface area (Å²) in [6.07, 6.45) is 2.29. The van der Waals surface area contributed by atoms with Crippen molar-refractivity contribution in [3.63, 3.8) is 0 Å². The van der Waals surface area contributed by atoms with E-state index in [2.05, 4.69) is 38.1 Å². The highest BCUT2D eigenvalue weighted by atomic mass is 16.3. The molecule has 0 aliphatic rings. The maximum Gasteiger partial charge on any atom is 0.115 e. The highest BCUT2D eigenvalue weighted by Crippen LogP contribution is 2.05. The van der Waals surface area contributed by atoms with Crippen molar-refractivity contribution in [3.8, 4) is 11.5 Å². The molecule has 134 valence electrons. The van der Waals surface area contributed by atoms with Gasteiger partial charge in [-0.3, -0.25) is 0 Å². The van der Waals surface area contributed by atoms with Crippen molar-refractivity contribution in [2.24, 2.45) is 0 Å². The minimum absolute atomic E-state index is 0. The fraction of sp³-hybridized carbons (Fsp3) is 0.217. The minimum Gasteiger partial charge on any atom is -0.508 e. The van der Waals surface area contributed by atoms with Crippen molar-refractivity contribution < 1.29 is 10.2 Å². The molecule has 0 radical (unpaired) electrons. The summed E-state index contributed by atoms with van der Waals surface area (Å²) in [5.41, 5.74) is 2.86. The number of phenolic OH excluding ortho intramolecular Hbond substituents is 2. The number of phenols is 2. The van der Waals surface area contributed by atoms with Gasteiger partial charge in [0.25, 0.3) is 0 Å². The zero-order chi connectivity index (χ0) is 17.6. The van der Waals surface area contributed by atoms with Crippen molar-refractivity contribution in [1.29, 1.82) is 0 Å². The molecule has 0 amide bonds. The van der Waals surface area contributed by atoms with E-state index in [0.29, 0.717) is 11.5 Å². The minimum atomic E-state index is 0. The maximum absolute atomic E-state index is 8.63. The molecule has 0 aromatic heterocycles. The van der Waals surface area contributed by atoms with E-state index in [4.69, 9.17) is 10.2 Å². The Morgan fingerprint density at radius 2 is 0.800 bits per heavy atom. The molecule has 2 nitrogen and oxygen atoms in total. The van der Waals surface area contributed by atoms with E-state index in [9.17, 15) is 0 Å². The summed E-state index contributed by atoms with van der Waals surface area (Å²) < 4.78 is 0. The molecular formula is C23H30O2. The Balaban J connectivity index is 0.000000347. The van der Waals surface area contributed by atoms with Crippen LogP contribution in [0.1, 0.15) is 32.4 Å². The Bertz CT molecular complexity index is 586. The van der Waals surface area contributed by atoms with E-state index in [0.717, 1.165) is 12.8 Å². The molecule has 0 atom stereocenters. The molecule has 25 heavy (non-hydrogen) atoms. The first kappa shape index (κ1) is 22.3. The predicted octanol–water partition coefficient (Wildman–Crippen LogP) is 6.23. The van der Waals surface area contributed by atoms with E-state index >= 15 is 0 Å². The number of para-hydroxylation sites is 2. The molecule has 0 heterocycles. The standard InChI is InChI=1S/C10H14.2C6H6O.CH4/c1-3-9-5-7-10(4-2)8-6-9;2*7-6-4-2-1-3-5-6;/h5-8H,3-4H2,1-2H3;2*1-5,7H;1H4. The predicted molar refractivity (Wildman–Crippen MR) is 108 cm³/mol. The lowest BCUT2D eigenvalue weighted by Crippen LogP contribution is -1.81. The maximum atomic E-state index is 8.63. The van der Waals surface area contributed by atoms with Crippen LogP contribution in [-0.4, -0.2) is 10.2 Å². The van der Waals surface area contributed by atoms with Gasteiger partial charge >= 0.3 is 0 Å². The summed E-state index contributed by atoms with van der Waals surface area (Å²) in [7, 11) is 0. The average Bonchev–Trinajstić information content (AvgIpc) is 2.64. The van der Waals surface area contributed by atoms with Crippen LogP contribution >= 0.6 is 0 Å². The molecule has 0 aliphatic heterocycles. The fourth-order valence-electron chi connectivity index (χ4n) is 1.87. The quantitative estimate of drug-likeness (QED) is 0.581. The van der Waals surface area contributed by atoms with Crippen LogP contribution in [0, 0.1) is 0 Å². The van der Waals surface area contributed by atoms with Gasteiger partial charge in [0.1, 0.15) is 11.5 Å². The van der Waals surface area contributed by atoms with Crippen LogP contribution in [-0.2, 0) is 12.8 Å². The van der Waals surface area contributed by atoms with E-state index < -0.39 is 0 Å². The van der Waals surface area contributed by atoms with Gasteiger partial charge in [-0.25, -0.2) is 0 Å². The van der Waals surface area contributed by atoms with Gasteiger partial charge in [0.2, 0.25) is 0 Å². The van der Waals surface area contributed by atoms with Crippen molar-refractivity contribution >= 4 is 0 Å². The van der Waals surface area contributed by atoms with Gasteiger partial charge in [0.15, 0.2) is 0 Å². The smallest absolute Gasteiger partial charge is 0.115 e. The highest BCUT2D eigenvalue weighted by molar-refractivity contribution is 5.22. The Morgan fingerprint density at radius 3 is 0.960 bits per heavy atom. The molecule has 3 rings (SSSR count). The van der Waals surface area contributed by atoms with Crippen LogP contribution in [0.2, 0.25) is 0 Å². The molecule has 0 unspecified atom stereocenters. The van der Waals surface area contributed by atoms with Gasteiger partial charge in [0.05, 0.1) is 0 Å². The van der Waals surface area contributed by atoms with Crippen molar-refractivity contribution in [3.05, 3.63) is 96.1 Å². The van der Waals surface area contributed by atoms with E-state index in [1.807, 2.05) is 12.1 Å². The molecule has 3 aromatic carbocycles. The third kappa shape index (κ3) is 10.6. The van der Waals surface area contributed by atoms with Gasteiger partial charge in [-0.1, -0.05) is 81.9 Å². The monoisotopic (exact) mass is 338 g/mol. The van der Waals surface area contributed by atoms with Crippen molar-refractivity contribution in [2.75, 3.05) is 0 Å². The summed E-state index contributed by atoms with van der Waals surface area (Å²) in [6, 6.07) is 26.3. The van der Waals surface area contributed by atoms with Gasteiger partial charge in [-0.05, 0) is 48.2 Å². The zero-order valence-electron chi connectivity index (χ0n) is 14.4. The Morgan fingerprint density at radius 1 is 0.520 bits per heavy atom. The van der Waals surface area contributed by atoms with Crippen LogP contribution in [0.25, 0.3) is 0 Å². The van der Waals surface area contributed by atoms with Crippen molar-refractivity contribution in [2.45, 2.75) is 34.1 Å². The third-order valence-electron chi connectivity index (χ3n) is 3.35. The van der Waals surface area contributed by atoms with E-state index in [1.54, 1.807) is 48.5 Å². The molecule has 0 spiro atoms. The van der Waals surface area contributed by atoms with E-state index in [1.165, 1.54) is 11.1 Å². The Labute approximate surface area is 152 Å². The number of aromatic hydroxyl groups is 2.